The van der Waals surface area contributed by atoms with Crippen molar-refractivity contribution in [1.82, 2.24) is 10.3 Å². The van der Waals surface area contributed by atoms with E-state index in [1.807, 2.05) is 29.6 Å². The zero-order valence-corrected chi connectivity index (χ0v) is 15.4. The Balaban J connectivity index is 1.57. The molecule has 0 radical (unpaired) electrons. The second-order valence-corrected chi connectivity index (χ2v) is 7.08. The van der Waals surface area contributed by atoms with Gasteiger partial charge in [-0.15, -0.1) is 11.3 Å². The zero-order valence-electron chi connectivity index (χ0n) is 12.4. The molecule has 24 heavy (non-hydrogen) atoms. The molecule has 1 aromatic heterocycles. The number of anilines is 1. The molecule has 0 bridgehead atoms. The molecular formula is C17H13FIN3OS. The summed E-state index contributed by atoms with van der Waals surface area (Å²) in [6.07, 6.45) is 0. The van der Waals surface area contributed by atoms with Gasteiger partial charge in [-0.25, -0.2) is 14.2 Å². The Morgan fingerprint density at radius 3 is 2.54 bits per heavy atom. The maximum atomic E-state index is 12.8. The minimum absolute atomic E-state index is 0.297. The van der Waals surface area contributed by atoms with Gasteiger partial charge in [-0.05, 0) is 52.4 Å². The molecule has 122 valence electrons. The highest BCUT2D eigenvalue weighted by atomic mass is 127. The third kappa shape index (κ3) is 4.51. The molecule has 0 aliphatic carbocycles. The maximum Gasteiger partial charge on any atom is 0.321 e. The number of nitrogens with one attached hydrogen (secondary N) is 2. The SMILES string of the molecule is O=C(NCc1ccc(F)cc1)Nc1nc(-c2ccc(I)cc2)cs1. The average Bonchev–Trinajstić information content (AvgIpc) is 3.03. The summed E-state index contributed by atoms with van der Waals surface area (Å²) < 4.78 is 14.0. The highest BCUT2D eigenvalue weighted by molar-refractivity contribution is 14.1. The third-order valence-corrected chi connectivity index (χ3v) is 4.71. The van der Waals surface area contributed by atoms with Crippen molar-refractivity contribution in [2.75, 3.05) is 5.32 Å². The number of aromatic nitrogens is 1. The van der Waals surface area contributed by atoms with E-state index < -0.39 is 0 Å². The molecule has 1 heterocycles. The number of hydrogen-bond acceptors (Lipinski definition) is 3. The van der Waals surface area contributed by atoms with E-state index in [4.69, 9.17) is 0 Å². The lowest BCUT2D eigenvalue weighted by Crippen LogP contribution is -2.28. The minimum Gasteiger partial charge on any atom is -0.334 e. The van der Waals surface area contributed by atoms with Gasteiger partial charge >= 0.3 is 6.03 Å². The summed E-state index contributed by atoms with van der Waals surface area (Å²) in [5.74, 6) is -0.297. The number of carbonyl (C=O) groups excluding carboxylic acids is 1. The van der Waals surface area contributed by atoms with E-state index in [1.54, 1.807) is 12.1 Å². The lowest BCUT2D eigenvalue weighted by Gasteiger charge is -2.05. The molecule has 4 nitrogen and oxygen atoms in total. The van der Waals surface area contributed by atoms with Gasteiger partial charge in [0.25, 0.3) is 0 Å². The van der Waals surface area contributed by atoms with Crippen LogP contribution >= 0.6 is 33.9 Å². The number of benzene rings is 2. The smallest absolute Gasteiger partial charge is 0.321 e. The number of hydrogen-bond donors (Lipinski definition) is 2. The van der Waals surface area contributed by atoms with Crippen molar-refractivity contribution in [2.24, 2.45) is 0 Å². The summed E-state index contributed by atoms with van der Waals surface area (Å²) in [4.78, 5) is 16.3. The number of thiazole rings is 1. The molecule has 0 unspecified atom stereocenters. The Hall–Kier alpha value is -2.00. The van der Waals surface area contributed by atoms with Gasteiger partial charge in [-0.2, -0.15) is 0 Å². The highest BCUT2D eigenvalue weighted by Crippen LogP contribution is 2.25. The largest absolute Gasteiger partial charge is 0.334 e. The van der Waals surface area contributed by atoms with Gasteiger partial charge in [-0.1, -0.05) is 24.3 Å². The summed E-state index contributed by atoms with van der Waals surface area (Å²) in [6.45, 7) is 0.321. The fourth-order valence-corrected chi connectivity index (χ4v) is 3.08. The number of rotatable bonds is 4. The normalized spacial score (nSPS) is 10.4. The number of carbonyl (C=O) groups is 1. The third-order valence-electron chi connectivity index (χ3n) is 3.23. The first-order valence-electron chi connectivity index (χ1n) is 7.11. The molecule has 0 fully saturated rings. The summed E-state index contributed by atoms with van der Waals surface area (Å²) in [5.41, 5.74) is 2.65. The van der Waals surface area contributed by atoms with E-state index in [2.05, 4.69) is 38.2 Å². The Morgan fingerprint density at radius 1 is 1.12 bits per heavy atom. The van der Waals surface area contributed by atoms with Crippen LogP contribution in [0.4, 0.5) is 14.3 Å². The van der Waals surface area contributed by atoms with E-state index in [9.17, 15) is 9.18 Å². The second kappa shape index (κ2) is 7.71. The van der Waals surface area contributed by atoms with E-state index in [0.29, 0.717) is 11.7 Å². The van der Waals surface area contributed by atoms with Gasteiger partial charge in [0.1, 0.15) is 5.82 Å². The van der Waals surface area contributed by atoms with Crippen molar-refractivity contribution in [3.05, 3.63) is 68.9 Å². The van der Waals surface area contributed by atoms with Crippen LogP contribution < -0.4 is 10.6 Å². The molecule has 3 aromatic rings. The molecule has 0 atom stereocenters. The predicted molar refractivity (Wildman–Crippen MR) is 103 cm³/mol. The number of urea groups is 1. The lowest BCUT2D eigenvalue weighted by molar-refractivity contribution is 0.251. The molecule has 0 aliphatic heterocycles. The van der Waals surface area contributed by atoms with Gasteiger partial charge in [0.05, 0.1) is 5.69 Å². The fourth-order valence-electron chi connectivity index (χ4n) is 2.01. The van der Waals surface area contributed by atoms with Crippen molar-refractivity contribution >= 4 is 45.1 Å². The van der Waals surface area contributed by atoms with Crippen LogP contribution in [-0.4, -0.2) is 11.0 Å². The Kier molecular flexibility index (Phi) is 5.41. The predicted octanol–water partition coefficient (Wildman–Crippen LogP) is 4.88. The van der Waals surface area contributed by atoms with Crippen LogP contribution in [-0.2, 0) is 6.54 Å². The van der Waals surface area contributed by atoms with Crippen LogP contribution in [0, 0.1) is 9.39 Å². The van der Waals surface area contributed by atoms with Crippen LogP contribution in [0.2, 0.25) is 0 Å². The quantitative estimate of drug-likeness (QED) is 0.554. The Labute approximate surface area is 156 Å². The number of nitrogens with zero attached hydrogens (tertiary/aromatic N) is 1. The van der Waals surface area contributed by atoms with Crippen molar-refractivity contribution in [3.8, 4) is 11.3 Å². The van der Waals surface area contributed by atoms with E-state index in [1.165, 1.54) is 23.5 Å². The minimum atomic E-state index is -0.345. The standard InChI is InChI=1S/C17H13FIN3OS/c18-13-5-1-11(2-6-13)9-20-16(23)22-17-21-15(10-24-17)12-3-7-14(19)8-4-12/h1-8,10H,9H2,(H2,20,21,22,23). The van der Waals surface area contributed by atoms with Crippen LogP contribution in [0.1, 0.15) is 5.56 Å². The molecule has 0 spiro atoms. The first-order chi connectivity index (χ1) is 11.6. The Bertz CT molecular complexity index is 834. The van der Waals surface area contributed by atoms with Crippen molar-refractivity contribution in [3.63, 3.8) is 0 Å². The molecule has 2 amide bonds. The van der Waals surface area contributed by atoms with Gasteiger partial charge < -0.3 is 5.32 Å². The van der Waals surface area contributed by atoms with E-state index in [0.717, 1.165) is 20.4 Å². The lowest BCUT2D eigenvalue weighted by atomic mass is 10.2. The summed E-state index contributed by atoms with van der Waals surface area (Å²) in [7, 11) is 0. The number of halogens is 2. The molecule has 3 rings (SSSR count). The van der Waals surface area contributed by atoms with Crippen LogP contribution in [0.25, 0.3) is 11.3 Å². The monoisotopic (exact) mass is 453 g/mol. The number of amides is 2. The van der Waals surface area contributed by atoms with Crippen LogP contribution in [0.15, 0.2) is 53.9 Å². The molecule has 2 N–H and O–H groups in total. The second-order valence-electron chi connectivity index (χ2n) is 4.98. The van der Waals surface area contributed by atoms with E-state index in [-0.39, 0.29) is 11.8 Å². The first kappa shape index (κ1) is 16.8. The van der Waals surface area contributed by atoms with Gasteiger partial charge in [0, 0.05) is 21.1 Å². The van der Waals surface area contributed by atoms with Crippen LogP contribution in [0.3, 0.4) is 0 Å². The molecular weight excluding hydrogens is 440 g/mol. The van der Waals surface area contributed by atoms with Crippen molar-refractivity contribution in [1.29, 1.82) is 0 Å². The van der Waals surface area contributed by atoms with Gasteiger partial charge in [0.15, 0.2) is 5.13 Å². The first-order valence-corrected chi connectivity index (χ1v) is 9.07. The molecule has 2 aromatic carbocycles. The summed E-state index contributed by atoms with van der Waals surface area (Å²) >= 11 is 3.61. The molecule has 0 aliphatic rings. The fraction of sp³-hybridized carbons (Fsp3) is 0.0588. The van der Waals surface area contributed by atoms with E-state index >= 15 is 0 Å². The van der Waals surface area contributed by atoms with Crippen molar-refractivity contribution < 1.29 is 9.18 Å². The molecule has 0 saturated carbocycles. The maximum absolute atomic E-state index is 12.8. The van der Waals surface area contributed by atoms with Crippen molar-refractivity contribution in [2.45, 2.75) is 6.54 Å². The van der Waals surface area contributed by atoms with Gasteiger partial charge in [-0.3, -0.25) is 5.32 Å². The van der Waals surface area contributed by atoms with Crippen LogP contribution in [0.5, 0.6) is 0 Å². The zero-order chi connectivity index (χ0) is 16.9. The summed E-state index contributed by atoms with van der Waals surface area (Å²) in [6, 6.07) is 13.7. The van der Waals surface area contributed by atoms with Gasteiger partial charge in [0.2, 0.25) is 0 Å². The molecule has 7 heteroatoms. The Morgan fingerprint density at radius 2 is 1.83 bits per heavy atom. The highest BCUT2D eigenvalue weighted by Gasteiger charge is 2.08. The molecule has 0 saturated heterocycles. The topological polar surface area (TPSA) is 54.0 Å². The average molecular weight is 453 g/mol. The summed E-state index contributed by atoms with van der Waals surface area (Å²) in [5, 5.41) is 7.85.